The number of hydrogen-bond donors (Lipinski definition) is 1. The molecule has 0 spiro atoms. The van der Waals surface area contributed by atoms with Crippen LogP contribution < -0.4 is 5.56 Å². The number of carbonyl (C=O) groups excluding carboxylic acids is 1. The number of pyridine rings is 1. The molecule has 8 heteroatoms. The largest absolute Gasteiger partial charge is 0.373 e. The Morgan fingerprint density at radius 2 is 1.65 bits per heavy atom. The number of aromatic amines is 1. The normalized spacial score (nSPS) is 15.2. The summed E-state index contributed by atoms with van der Waals surface area (Å²) in [7, 11) is 1.58. The Morgan fingerprint density at radius 1 is 0.971 bits per heavy atom. The number of ether oxygens (including phenoxy) is 1. The van der Waals surface area contributed by atoms with Gasteiger partial charge in [0.25, 0.3) is 11.5 Å². The number of rotatable bonds is 3. The van der Waals surface area contributed by atoms with Gasteiger partial charge in [-0.2, -0.15) is 0 Å². The molecule has 0 saturated heterocycles. The summed E-state index contributed by atoms with van der Waals surface area (Å²) >= 11 is 0. The number of fused-ring (bicyclic) bond motifs is 3. The Morgan fingerprint density at radius 3 is 2.35 bits per heavy atom. The molecular weight excluding hydrogens is 445 g/mol. The number of hydrogen-bond acceptors (Lipinski definition) is 3. The van der Waals surface area contributed by atoms with E-state index in [0.717, 1.165) is 12.1 Å². The SMILES string of the molecule is CN(C(=O)c1ccc(-c2ccccc2F)cc1)C1COCc2[nH]c(=O)c3cc(F)c(F)cc3c21. The molecule has 34 heavy (non-hydrogen) atoms. The first kappa shape index (κ1) is 21.9. The summed E-state index contributed by atoms with van der Waals surface area (Å²) in [5, 5.41) is 0.236. The van der Waals surface area contributed by atoms with Crippen LogP contribution in [-0.4, -0.2) is 29.4 Å². The Hall–Kier alpha value is -3.91. The van der Waals surface area contributed by atoms with Gasteiger partial charge in [0.05, 0.1) is 24.6 Å². The number of likely N-dealkylation sites (N-methyl/N-ethyl adjacent to an activating group) is 1. The van der Waals surface area contributed by atoms with Crippen molar-refractivity contribution >= 4 is 16.7 Å². The van der Waals surface area contributed by atoms with Crippen molar-refractivity contribution in [3.63, 3.8) is 0 Å². The molecule has 0 aliphatic carbocycles. The Kier molecular flexibility index (Phi) is 5.45. The van der Waals surface area contributed by atoms with Crippen molar-refractivity contribution in [2.45, 2.75) is 12.6 Å². The average Bonchev–Trinajstić information content (AvgIpc) is 2.84. The van der Waals surface area contributed by atoms with Gasteiger partial charge in [0.15, 0.2) is 11.6 Å². The summed E-state index contributed by atoms with van der Waals surface area (Å²) in [6.45, 7) is 0.193. The Balaban J connectivity index is 1.52. The van der Waals surface area contributed by atoms with E-state index in [-0.39, 0.29) is 35.7 Å². The minimum atomic E-state index is -1.12. The van der Waals surface area contributed by atoms with E-state index in [0.29, 0.717) is 27.9 Å². The molecule has 3 aromatic carbocycles. The molecule has 172 valence electrons. The first-order valence-corrected chi connectivity index (χ1v) is 10.6. The van der Waals surface area contributed by atoms with E-state index >= 15 is 0 Å². The molecule has 1 N–H and O–H groups in total. The first-order chi connectivity index (χ1) is 16.3. The number of aromatic nitrogens is 1. The summed E-state index contributed by atoms with van der Waals surface area (Å²) in [6, 6.07) is 14.1. The van der Waals surface area contributed by atoms with Crippen LogP contribution in [0.5, 0.6) is 0 Å². The second kappa shape index (κ2) is 8.46. The monoisotopic (exact) mass is 464 g/mol. The zero-order valence-electron chi connectivity index (χ0n) is 18.1. The van der Waals surface area contributed by atoms with Crippen LogP contribution in [-0.2, 0) is 11.3 Å². The third-order valence-corrected chi connectivity index (χ3v) is 6.14. The van der Waals surface area contributed by atoms with Crippen molar-refractivity contribution in [3.8, 4) is 11.1 Å². The second-order valence-electron chi connectivity index (χ2n) is 8.16. The van der Waals surface area contributed by atoms with Crippen LogP contribution in [0.15, 0.2) is 65.5 Å². The highest BCUT2D eigenvalue weighted by atomic mass is 19.2. The van der Waals surface area contributed by atoms with Gasteiger partial charge in [0, 0.05) is 29.4 Å². The molecule has 1 atom stereocenters. The van der Waals surface area contributed by atoms with Gasteiger partial charge in [-0.15, -0.1) is 0 Å². The minimum Gasteiger partial charge on any atom is -0.373 e. The summed E-state index contributed by atoms with van der Waals surface area (Å²) < 4.78 is 47.6. The number of H-pyrrole nitrogens is 1. The molecule has 1 unspecified atom stereocenters. The van der Waals surface area contributed by atoms with Gasteiger partial charge >= 0.3 is 0 Å². The summed E-state index contributed by atoms with van der Waals surface area (Å²) in [5.74, 6) is -2.91. The molecule has 1 amide bonds. The highest BCUT2D eigenvalue weighted by Gasteiger charge is 2.31. The maximum Gasteiger partial charge on any atom is 0.256 e. The zero-order valence-corrected chi connectivity index (χ0v) is 18.1. The van der Waals surface area contributed by atoms with Crippen molar-refractivity contribution in [1.29, 1.82) is 0 Å². The highest BCUT2D eigenvalue weighted by Crippen LogP contribution is 2.34. The number of carbonyl (C=O) groups is 1. The van der Waals surface area contributed by atoms with Crippen LogP contribution in [0.1, 0.15) is 27.7 Å². The van der Waals surface area contributed by atoms with Gasteiger partial charge in [-0.1, -0.05) is 30.3 Å². The van der Waals surface area contributed by atoms with E-state index in [2.05, 4.69) is 4.98 Å². The lowest BCUT2D eigenvalue weighted by Gasteiger charge is -2.34. The Bertz CT molecular complexity index is 1480. The Labute approximate surface area is 192 Å². The van der Waals surface area contributed by atoms with E-state index < -0.39 is 23.2 Å². The smallest absolute Gasteiger partial charge is 0.256 e. The van der Waals surface area contributed by atoms with E-state index in [1.165, 1.54) is 11.0 Å². The lowest BCUT2D eigenvalue weighted by atomic mass is 9.95. The van der Waals surface area contributed by atoms with Gasteiger partial charge in [0.2, 0.25) is 0 Å². The molecule has 1 aliphatic heterocycles. The number of nitrogens with one attached hydrogen (secondary N) is 1. The van der Waals surface area contributed by atoms with Gasteiger partial charge in [-0.05, 0) is 41.3 Å². The lowest BCUT2D eigenvalue weighted by Crippen LogP contribution is -2.37. The molecule has 0 bridgehead atoms. The summed E-state index contributed by atoms with van der Waals surface area (Å²) in [5.41, 5.74) is 1.78. The van der Waals surface area contributed by atoms with E-state index in [1.807, 2.05) is 0 Å². The van der Waals surface area contributed by atoms with Gasteiger partial charge in [-0.3, -0.25) is 9.59 Å². The molecule has 2 heterocycles. The predicted octanol–water partition coefficient (Wildman–Crippen LogP) is 4.96. The fourth-order valence-corrected chi connectivity index (χ4v) is 4.38. The van der Waals surface area contributed by atoms with Crippen molar-refractivity contribution in [2.24, 2.45) is 0 Å². The van der Waals surface area contributed by atoms with Crippen LogP contribution in [0.25, 0.3) is 21.9 Å². The molecule has 5 nitrogen and oxygen atoms in total. The minimum absolute atomic E-state index is 0.000334. The number of halogens is 3. The number of amides is 1. The van der Waals surface area contributed by atoms with Crippen LogP contribution in [0.4, 0.5) is 13.2 Å². The molecule has 5 rings (SSSR count). The number of nitrogens with zero attached hydrogens (tertiary/aromatic N) is 1. The molecule has 1 aliphatic rings. The quantitative estimate of drug-likeness (QED) is 0.467. The predicted molar refractivity (Wildman–Crippen MR) is 121 cm³/mol. The van der Waals surface area contributed by atoms with Gasteiger partial charge in [0.1, 0.15) is 5.82 Å². The molecular formula is C26H19F3N2O3. The third-order valence-electron chi connectivity index (χ3n) is 6.14. The standard InChI is InChI=1S/C26H19F3N2O3/c1-31(26(33)15-8-6-14(7-9-15)16-4-2-3-5-19(16)27)23-13-34-12-22-24(23)17-10-20(28)21(29)11-18(17)25(32)30-22/h2-11,23H,12-13H2,1H3,(H,30,32). The number of benzene rings is 3. The van der Waals surface area contributed by atoms with Gasteiger partial charge in [-0.25, -0.2) is 13.2 Å². The molecule has 0 saturated carbocycles. The lowest BCUT2D eigenvalue weighted by molar-refractivity contribution is 0.0335. The third kappa shape index (κ3) is 3.66. The zero-order chi connectivity index (χ0) is 24.0. The van der Waals surface area contributed by atoms with E-state index in [9.17, 15) is 22.8 Å². The molecule has 4 aromatic rings. The average molecular weight is 464 g/mol. The summed E-state index contributed by atoms with van der Waals surface area (Å²) in [4.78, 5) is 29.8. The maximum absolute atomic E-state index is 14.1. The molecule has 0 radical (unpaired) electrons. The first-order valence-electron chi connectivity index (χ1n) is 10.6. The van der Waals surface area contributed by atoms with Crippen molar-refractivity contribution in [2.75, 3.05) is 13.7 Å². The van der Waals surface area contributed by atoms with E-state index in [4.69, 9.17) is 4.74 Å². The molecule has 1 aromatic heterocycles. The van der Waals surface area contributed by atoms with Crippen molar-refractivity contribution < 1.29 is 22.7 Å². The van der Waals surface area contributed by atoms with Crippen molar-refractivity contribution in [1.82, 2.24) is 9.88 Å². The maximum atomic E-state index is 14.1. The van der Waals surface area contributed by atoms with Crippen LogP contribution in [0.2, 0.25) is 0 Å². The van der Waals surface area contributed by atoms with Crippen LogP contribution in [0, 0.1) is 17.5 Å². The van der Waals surface area contributed by atoms with Crippen LogP contribution in [0.3, 0.4) is 0 Å². The topological polar surface area (TPSA) is 62.4 Å². The van der Waals surface area contributed by atoms with Crippen molar-refractivity contribution in [3.05, 3.63) is 105 Å². The summed E-state index contributed by atoms with van der Waals surface area (Å²) in [6.07, 6.45) is 0. The highest BCUT2D eigenvalue weighted by molar-refractivity contribution is 5.95. The van der Waals surface area contributed by atoms with E-state index in [1.54, 1.807) is 49.5 Å². The fourth-order valence-electron chi connectivity index (χ4n) is 4.38. The second-order valence-corrected chi connectivity index (χ2v) is 8.16. The van der Waals surface area contributed by atoms with Gasteiger partial charge < -0.3 is 14.6 Å². The fraction of sp³-hybridized carbons (Fsp3) is 0.154. The van der Waals surface area contributed by atoms with Crippen LogP contribution >= 0.6 is 0 Å². The molecule has 0 fully saturated rings.